The van der Waals surface area contributed by atoms with Crippen molar-refractivity contribution in [2.45, 2.75) is 44.6 Å². The second-order valence-electron chi connectivity index (χ2n) is 6.58. The SMILES string of the molecule is CN1N=C(CC(=O)N[C@@H](c2cccc(F)c2)C2CCCC2)CC1=O. The second-order valence-corrected chi connectivity index (χ2v) is 6.58. The Morgan fingerprint density at radius 2 is 2.17 bits per heavy atom. The normalized spacial score (nSPS) is 19.5. The molecule has 24 heavy (non-hydrogen) atoms. The maximum Gasteiger partial charge on any atom is 0.248 e. The van der Waals surface area contributed by atoms with E-state index < -0.39 is 0 Å². The molecule has 6 heteroatoms. The van der Waals surface area contributed by atoms with Crippen LogP contribution in [0.4, 0.5) is 4.39 Å². The molecule has 5 nitrogen and oxygen atoms in total. The molecule has 2 amide bonds. The third kappa shape index (κ3) is 3.80. The summed E-state index contributed by atoms with van der Waals surface area (Å²) in [5.74, 6) is -0.240. The summed E-state index contributed by atoms with van der Waals surface area (Å²) in [7, 11) is 1.58. The number of hydrazone groups is 1. The van der Waals surface area contributed by atoms with Gasteiger partial charge in [-0.15, -0.1) is 0 Å². The van der Waals surface area contributed by atoms with E-state index >= 15 is 0 Å². The molecule has 128 valence electrons. The van der Waals surface area contributed by atoms with Crippen molar-refractivity contribution in [3.8, 4) is 0 Å². The molecule has 1 N–H and O–H groups in total. The molecule has 1 aliphatic heterocycles. The van der Waals surface area contributed by atoms with E-state index in [0.717, 1.165) is 31.2 Å². The van der Waals surface area contributed by atoms with Crippen molar-refractivity contribution in [3.05, 3.63) is 35.6 Å². The number of nitrogens with zero attached hydrogens (tertiary/aromatic N) is 2. The van der Waals surface area contributed by atoms with E-state index in [-0.39, 0.29) is 36.5 Å². The fourth-order valence-electron chi connectivity index (χ4n) is 3.56. The van der Waals surface area contributed by atoms with Crippen molar-refractivity contribution >= 4 is 17.5 Å². The van der Waals surface area contributed by atoms with Gasteiger partial charge in [0.15, 0.2) is 0 Å². The first-order valence-corrected chi connectivity index (χ1v) is 8.40. The lowest BCUT2D eigenvalue weighted by molar-refractivity contribution is -0.127. The van der Waals surface area contributed by atoms with Crippen molar-refractivity contribution in [3.63, 3.8) is 0 Å². The van der Waals surface area contributed by atoms with Crippen LogP contribution in [0, 0.1) is 11.7 Å². The van der Waals surface area contributed by atoms with Gasteiger partial charge < -0.3 is 5.32 Å². The zero-order valence-corrected chi connectivity index (χ0v) is 13.8. The molecule has 1 heterocycles. The van der Waals surface area contributed by atoms with E-state index in [4.69, 9.17) is 0 Å². The molecule has 0 aromatic heterocycles. The summed E-state index contributed by atoms with van der Waals surface area (Å²) >= 11 is 0. The Morgan fingerprint density at radius 1 is 1.42 bits per heavy atom. The molecule has 1 aromatic carbocycles. The first-order chi connectivity index (χ1) is 11.5. The van der Waals surface area contributed by atoms with Gasteiger partial charge in [0.1, 0.15) is 5.82 Å². The van der Waals surface area contributed by atoms with Crippen LogP contribution >= 0.6 is 0 Å². The fraction of sp³-hybridized carbons (Fsp3) is 0.500. The van der Waals surface area contributed by atoms with Crippen LogP contribution in [0.1, 0.15) is 50.1 Å². The van der Waals surface area contributed by atoms with E-state index in [1.807, 2.05) is 6.07 Å². The third-order valence-corrected chi connectivity index (χ3v) is 4.77. The van der Waals surface area contributed by atoms with Crippen LogP contribution in [-0.4, -0.2) is 29.6 Å². The van der Waals surface area contributed by atoms with Gasteiger partial charge in [0, 0.05) is 7.05 Å². The summed E-state index contributed by atoms with van der Waals surface area (Å²) in [6, 6.07) is 6.25. The number of halogens is 1. The van der Waals surface area contributed by atoms with E-state index in [0.29, 0.717) is 11.6 Å². The number of hydrogen-bond donors (Lipinski definition) is 1. The number of amides is 2. The molecule has 1 fully saturated rings. The van der Waals surface area contributed by atoms with Crippen LogP contribution in [0.15, 0.2) is 29.4 Å². The Labute approximate surface area is 140 Å². The summed E-state index contributed by atoms with van der Waals surface area (Å²) in [5.41, 5.74) is 1.38. The second kappa shape index (κ2) is 7.11. The van der Waals surface area contributed by atoms with Gasteiger partial charge in [-0.05, 0) is 36.5 Å². The zero-order chi connectivity index (χ0) is 17.1. The maximum atomic E-state index is 13.6. The minimum absolute atomic E-state index is 0.102. The Morgan fingerprint density at radius 3 is 2.79 bits per heavy atom. The van der Waals surface area contributed by atoms with Crippen molar-refractivity contribution < 1.29 is 14.0 Å². The maximum absolute atomic E-state index is 13.6. The van der Waals surface area contributed by atoms with Crippen molar-refractivity contribution in [2.75, 3.05) is 7.05 Å². The van der Waals surface area contributed by atoms with E-state index in [1.54, 1.807) is 13.1 Å². The summed E-state index contributed by atoms with van der Waals surface area (Å²) in [5, 5.41) is 8.39. The monoisotopic (exact) mass is 331 g/mol. The van der Waals surface area contributed by atoms with Crippen molar-refractivity contribution in [1.29, 1.82) is 0 Å². The number of carbonyl (C=O) groups excluding carboxylic acids is 2. The lowest BCUT2D eigenvalue weighted by Crippen LogP contribution is -2.33. The molecule has 1 aliphatic carbocycles. The minimum atomic E-state index is -0.294. The molecular weight excluding hydrogens is 309 g/mol. The van der Waals surface area contributed by atoms with Crippen LogP contribution in [0.2, 0.25) is 0 Å². The van der Waals surface area contributed by atoms with Crippen molar-refractivity contribution in [1.82, 2.24) is 10.3 Å². The highest BCUT2D eigenvalue weighted by atomic mass is 19.1. The van der Waals surface area contributed by atoms with Crippen LogP contribution in [-0.2, 0) is 9.59 Å². The molecule has 0 saturated heterocycles. The Bertz CT molecular complexity index is 668. The highest BCUT2D eigenvalue weighted by molar-refractivity contribution is 6.11. The van der Waals surface area contributed by atoms with Gasteiger partial charge in [0.2, 0.25) is 11.8 Å². The van der Waals surface area contributed by atoms with Gasteiger partial charge in [0.25, 0.3) is 0 Å². The molecule has 2 aliphatic rings. The van der Waals surface area contributed by atoms with Crippen LogP contribution in [0.5, 0.6) is 0 Å². The number of hydrogen-bond acceptors (Lipinski definition) is 3. The van der Waals surface area contributed by atoms with Crippen LogP contribution < -0.4 is 5.32 Å². The van der Waals surface area contributed by atoms with E-state index in [9.17, 15) is 14.0 Å². The smallest absolute Gasteiger partial charge is 0.248 e. The molecule has 0 radical (unpaired) electrons. The number of nitrogens with one attached hydrogen (secondary N) is 1. The molecular formula is C18H22FN3O2. The highest BCUT2D eigenvalue weighted by Gasteiger charge is 2.29. The summed E-state index contributed by atoms with van der Waals surface area (Å²) in [6.07, 6.45) is 4.64. The minimum Gasteiger partial charge on any atom is -0.349 e. The first-order valence-electron chi connectivity index (χ1n) is 8.40. The molecule has 3 rings (SSSR count). The molecule has 0 spiro atoms. The molecule has 1 atom stereocenters. The molecule has 0 unspecified atom stereocenters. The molecule has 1 aromatic rings. The Kier molecular flexibility index (Phi) is 4.92. The average Bonchev–Trinajstić information content (AvgIpc) is 3.16. The van der Waals surface area contributed by atoms with Gasteiger partial charge in [-0.2, -0.15) is 5.10 Å². The molecule has 0 bridgehead atoms. The van der Waals surface area contributed by atoms with Gasteiger partial charge in [-0.1, -0.05) is 25.0 Å². The summed E-state index contributed by atoms with van der Waals surface area (Å²) in [4.78, 5) is 23.9. The molecule has 1 saturated carbocycles. The van der Waals surface area contributed by atoms with Gasteiger partial charge in [0.05, 0.1) is 24.6 Å². The fourth-order valence-corrected chi connectivity index (χ4v) is 3.56. The van der Waals surface area contributed by atoms with Gasteiger partial charge >= 0.3 is 0 Å². The third-order valence-electron chi connectivity index (χ3n) is 4.77. The van der Waals surface area contributed by atoms with E-state index in [1.165, 1.54) is 17.1 Å². The Balaban J connectivity index is 1.71. The largest absolute Gasteiger partial charge is 0.349 e. The van der Waals surface area contributed by atoms with Gasteiger partial charge in [-0.25, -0.2) is 9.40 Å². The van der Waals surface area contributed by atoms with Crippen molar-refractivity contribution in [2.24, 2.45) is 11.0 Å². The Hall–Kier alpha value is -2.24. The number of carbonyl (C=O) groups is 2. The summed E-state index contributed by atoms with van der Waals surface area (Å²) in [6.45, 7) is 0. The predicted molar refractivity (Wildman–Crippen MR) is 88.7 cm³/mol. The van der Waals surface area contributed by atoms with Crippen LogP contribution in [0.3, 0.4) is 0 Å². The van der Waals surface area contributed by atoms with Gasteiger partial charge in [-0.3, -0.25) is 9.59 Å². The number of benzene rings is 1. The topological polar surface area (TPSA) is 61.8 Å². The summed E-state index contributed by atoms with van der Waals surface area (Å²) < 4.78 is 13.6. The quantitative estimate of drug-likeness (QED) is 0.902. The number of rotatable bonds is 5. The lowest BCUT2D eigenvalue weighted by atomic mass is 9.91. The highest BCUT2D eigenvalue weighted by Crippen LogP contribution is 2.36. The predicted octanol–water partition coefficient (Wildman–Crippen LogP) is 2.78. The lowest BCUT2D eigenvalue weighted by Gasteiger charge is -2.25. The average molecular weight is 331 g/mol. The standard InChI is InChI=1S/C18H22FN3O2/c1-22-17(24)11-15(21-22)10-16(23)20-18(12-5-2-3-6-12)13-7-4-8-14(19)9-13/h4,7-9,12,18H,2-3,5-6,10-11H2,1H3,(H,20,23)/t18-/m1/s1. The van der Waals surface area contributed by atoms with E-state index in [2.05, 4.69) is 10.4 Å². The van der Waals surface area contributed by atoms with Crippen LogP contribution in [0.25, 0.3) is 0 Å². The first kappa shape index (κ1) is 16.6. The zero-order valence-electron chi connectivity index (χ0n) is 13.8.